The van der Waals surface area contributed by atoms with Gasteiger partial charge in [-0.05, 0) is 31.0 Å². The molecule has 0 saturated heterocycles. The van der Waals surface area contributed by atoms with Crippen molar-refractivity contribution in [2.75, 3.05) is 44.1 Å². The summed E-state index contributed by atoms with van der Waals surface area (Å²) in [5.74, 6) is 1.56. The third-order valence-corrected chi connectivity index (χ3v) is 3.28. The number of rotatable bonds is 8. The molecule has 0 aliphatic carbocycles. The number of aromatic nitrogens is 3. The molecular weight excluding hydrogens is 278 g/mol. The van der Waals surface area contributed by atoms with E-state index >= 15 is 0 Å². The Morgan fingerprint density at radius 1 is 1.23 bits per heavy atom. The molecule has 0 bridgehead atoms. The van der Waals surface area contributed by atoms with Gasteiger partial charge in [-0.15, -0.1) is 0 Å². The predicted octanol–water partition coefficient (Wildman–Crippen LogP) is 1.92. The molecule has 22 heavy (non-hydrogen) atoms. The first-order chi connectivity index (χ1) is 10.7. The van der Waals surface area contributed by atoms with Gasteiger partial charge in [-0.1, -0.05) is 0 Å². The molecule has 6 nitrogen and oxygen atoms in total. The molecule has 0 aromatic carbocycles. The van der Waals surface area contributed by atoms with Gasteiger partial charge in [0.1, 0.15) is 5.82 Å². The Labute approximate surface area is 131 Å². The average molecular weight is 301 g/mol. The molecule has 0 fully saturated rings. The van der Waals surface area contributed by atoms with Crippen LogP contribution in [0.1, 0.15) is 11.3 Å². The van der Waals surface area contributed by atoms with Crippen LogP contribution in [0.5, 0.6) is 0 Å². The van der Waals surface area contributed by atoms with Gasteiger partial charge in [0.15, 0.2) is 0 Å². The molecule has 0 radical (unpaired) electrons. The number of nitrogens with zero attached hydrogens (tertiary/aromatic N) is 4. The Bertz CT molecular complexity index is 576. The summed E-state index contributed by atoms with van der Waals surface area (Å²) in [6.45, 7) is 4.21. The van der Waals surface area contributed by atoms with E-state index in [4.69, 9.17) is 4.74 Å². The van der Waals surface area contributed by atoms with E-state index in [2.05, 4.69) is 25.2 Å². The summed E-state index contributed by atoms with van der Waals surface area (Å²) in [5.41, 5.74) is 2.20. The zero-order valence-corrected chi connectivity index (χ0v) is 13.4. The van der Waals surface area contributed by atoms with Crippen LogP contribution in [0.15, 0.2) is 30.6 Å². The van der Waals surface area contributed by atoms with Crippen LogP contribution in [0.3, 0.4) is 0 Å². The fourth-order valence-corrected chi connectivity index (χ4v) is 2.04. The van der Waals surface area contributed by atoms with Crippen LogP contribution in [-0.4, -0.2) is 48.8 Å². The van der Waals surface area contributed by atoms with E-state index in [1.807, 2.05) is 44.6 Å². The summed E-state index contributed by atoms with van der Waals surface area (Å²) in [6, 6.07) is 6.00. The van der Waals surface area contributed by atoms with Gasteiger partial charge < -0.3 is 15.0 Å². The lowest BCUT2D eigenvalue weighted by Crippen LogP contribution is -2.23. The molecule has 0 amide bonds. The Balaban J connectivity index is 1.97. The van der Waals surface area contributed by atoms with Gasteiger partial charge in [0.25, 0.3) is 0 Å². The number of pyridine rings is 1. The van der Waals surface area contributed by atoms with Gasteiger partial charge in [-0.3, -0.25) is 4.98 Å². The minimum atomic E-state index is 0.649. The van der Waals surface area contributed by atoms with E-state index in [1.165, 1.54) is 5.56 Å². The highest BCUT2D eigenvalue weighted by atomic mass is 16.5. The monoisotopic (exact) mass is 301 g/mol. The second-order valence-electron chi connectivity index (χ2n) is 5.14. The summed E-state index contributed by atoms with van der Waals surface area (Å²) in [5, 5.41) is 3.24. The number of aryl methyl sites for hydroxylation is 1. The molecule has 118 valence electrons. The van der Waals surface area contributed by atoms with Crippen molar-refractivity contribution in [2.24, 2.45) is 0 Å². The lowest BCUT2D eigenvalue weighted by molar-refractivity contribution is 0.210. The maximum atomic E-state index is 5.04. The van der Waals surface area contributed by atoms with Crippen LogP contribution in [0.2, 0.25) is 0 Å². The predicted molar refractivity (Wildman–Crippen MR) is 88.3 cm³/mol. The van der Waals surface area contributed by atoms with Crippen LogP contribution in [0.4, 0.5) is 11.8 Å². The van der Waals surface area contributed by atoms with Crippen LogP contribution in [-0.2, 0) is 11.2 Å². The van der Waals surface area contributed by atoms with Crippen molar-refractivity contribution in [3.05, 3.63) is 41.9 Å². The van der Waals surface area contributed by atoms with Gasteiger partial charge in [0.2, 0.25) is 5.95 Å². The second-order valence-corrected chi connectivity index (χ2v) is 5.14. The minimum Gasteiger partial charge on any atom is -0.383 e. The molecule has 6 heteroatoms. The van der Waals surface area contributed by atoms with Crippen LogP contribution in [0, 0.1) is 6.92 Å². The normalized spacial score (nSPS) is 10.5. The fourth-order valence-electron chi connectivity index (χ4n) is 2.04. The topological polar surface area (TPSA) is 63.2 Å². The van der Waals surface area contributed by atoms with Crippen LogP contribution >= 0.6 is 0 Å². The number of nitrogens with one attached hydrogen (secondary N) is 1. The van der Waals surface area contributed by atoms with E-state index in [0.29, 0.717) is 6.61 Å². The number of methoxy groups -OCH3 is 1. The minimum absolute atomic E-state index is 0.649. The smallest absolute Gasteiger partial charge is 0.227 e. The molecule has 2 aromatic heterocycles. The number of anilines is 2. The van der Waals surface area contributed by atoms with Gasteiger partial charge in [0.05, 0.1) is 6.61 Å². The van der Waals surface area contributed by atoms with Crippen molar-refractivity contribution in [3.63, 3.8) is 0 Å². The first kappa shape index (κ1) is 16.2. The fraction of sp³-hybridized carbons (Fsp3) is 0.438. The average Bonchev–Trinajstić information content (AvgIpc) is 2.53. The molecule has 2 heterocycles. The highest BCUT2D eigenvalue weighted by molar-refractivity contribution is 5.43. The Kier molecular flexibility index (Phi) is 6.09. The Morgan fingerprint density at radius 2 is 2.00 bits per heavy atom. The van der Waals surface area contributed by atoms with Gasteiger partial charge in [0, 0.05) is 51.4 Å². The SMILES string of the molecule is COCCNc1cc(C)nc(N(C)CCc2ccncc2)n1. The molecule has 0 atom stereocenters. The third kappa shape index (κ3) is 4.96. The van der Waals surface area contributed by atoms with Crippen molar-refractivity contribution in [1.29, 1.82) is 0 Å². The summed E-state index contributed by atoms with van der Waals surface area (Å²) in [6.07, 6.45) is 4.56. The van der Waals surface area contributed by atoms with Gasteiger partial charge in [-0.25, -0.2) is 4.98 Å². The molecule has 0 spiro atoms. The molecule has 0 aliphatic heterocycles. The van der Waals surface area contributed by atoms with E-state index in [0.717, 1.165) is 37.0 Å². The molecule has 2 aromatic rings. The first-order valence-corrected chi connectivity index (χ1v) is 7.37. The van der Waals surface area contributed by atoms with E-state index in [1.54, 1.807) is 7.11 Å². The van der Waals surface area contributed by atoms with Gasteiger partial charge >= 0.3 is 0 Å². The zero-order valence-electron chi connectivity index (χ0n) is 13.4. The molecular formula is C16H23N5O. The maximum Gasteiger partial charge on any atom is 0.227 e. The van der Waals surface area contributed by atoms with Gasteiger partial charge in [-0.2, -0.15) is 4.98 Å². The van der Waals surface area contributed by atoms with Crippen molar-refractivity contribution < 1.29 is 4.74 Å². The van der Waals surface area contributed by atoms with E-state index in [-0.39, 0.29) is 0 Å². The van der Waals surface area contributed by atoms with Crippen LogP contribution < -0.4 is 10.2 Å². The molecule has 2 rings (SSSR count). The Hall–Kier alpha value is -2.21. The van der Waals surface area contributed by atoms with Crippen molar-refractivity contribution in [3.8, 4) is 0 Å². The zero-order chi connectivity index (χ0) is 15.8. The third-order valence-electron chi connectivity index (χ3n) is 3.28. The van der Waals surface area contributed by atoms with E-state index in [9.17, 15) is 0 Å². The maximum absolute atomic E-state index is 5.04. The summed E-state index contributed by atoms with van der Waals surface area (Å²) < 4.78 is 5.04. The number of likely N-dealkylation sites (N-methyl/N-ethyl adjacent to an activating group) is 1. The Morgan fingerprint density at radius 3 is 2.73 bits per heavy atom. The van der Waals surface area contributed by atoms with E-state index < -0.39 is 0 Å². The molecule has 0 saturated carbocycles. The first-order valence-electron chi connectivity index (χ1n) is 7.37. The largest absolute Gasteiger partial charge is 0.383 e. The number of ether oxygens (including phenoxy) is 1. The highest BCUT2D eigenvalue weighted by Crippen LogP contribution is 2.13. The lowest BCUT2D eigenvalue weighted by atomic mass is 10.2. The molecule has 0 unspecified atom stereocenters. The van der Waals surface area contributed by atoms with Crippen molar-refractivity contribution in [2.45, 2.75) is 13.3 Å². The lowest BCUT2D eigenvalue weighted by Gasteiger charge is -2.18. The second kappa shape index (κ2) is 8.29. The standard InChI is InChI=1S/C16H23N5O/c1-13-12-15(18-9-11-22-3)20-16(19-13)21(2)10-6-14-4-7-17-8-5-14/h4-5,7-8,12H,6,9-11H2,1-3H3,(H,18,19,20). The van der Waals surface area contributed by atoms with Crippen LogP contribution in [0.25, 0.3) is 0 Å². The highest BCUT2D eigenvalue weighted by Gasteiger charge is 2.07. The molecule has 1 N–H and O–H groups in total. The summed E-state index contributed by atoms with van der Waals surface area (Å²) in [7, 11) is 3.69. The van der Waals surface area contributed by atoms with Crippen molar-refractivity contribution >= 4 is 11.8 Å². The number of hydrogen-bond donors (Lipinski definition) is 1. The number of hydrogen-bond acceptors (Lipinski definition) is 6. The van der Waals surface area contributed by atoms with Crippen molar-refractivity contribution in [1.82, 2.24) is 15.0 Å². The summed E-state index contributed by atoms with van der Waals surface area (Å²) in [4.78, 5) is 15.2. The summed E-state index contributed by atoms with van der Waals surface area (Å²) >= 11 is 0. The molecule has 0 aliphatic rings. The quantitative estimate of drug-likeness (QED) is 0.752.